The molecule has 1 aliphatic rings. The van der Waals surface area contributed by atoms with Crippen LogP contribution in [0.5, 0.6) is 0 Å². The van der Waals surface area contributed by atoms with Crippen molar-refractivity contribution in [3.05, 3.63) is 35.9 Å². The van der Waals surface area contributed by atoms with Crippen molar-refractivity contribution < 1.29 is 4.79 Å². The molecule has 1 aromatic rings. The molecular weight excluding hydrogens is 226 g/mol. The van der Waals surface area contributed by atoms with E-state index < -0.39 is 0 Å². The maximum absolute atomic E-state index is 10.7. The van der Waals surface area contributed by atoms with Crippen LogP contribution >= 0.6 is 0 Å². The zero-order valence-electron chi connectivity index (χ0n) is 10.6. The molecule has 1 atom stereocenters. The van der Waals surface area contributed by atoms with Gasteiger partial charge in [0.2, 0.25) is 6.41 Å². The van der Waals surface area contributed by atoms with Gasteiger partial charge in [0, 0.05) is 41.5 Å². The molecule has 2 N–H and O–H groups in total. The molecule has 1 amide bonds. The number of nitrogens with zero attached hydrogens (tertiary/aromatic N) is 1. The van der Waals surface area contributed by atoms with Gasteiger partial charge in [-0.25, -0.2) is 0 Å². The summed E-state index contributed by atoms with van der Waals surface area (Å²) in [6.07, 6.45) is 10.9. The summed E-state index contributed by atoms with van der Waals surface area (Å²) in [5, 5.41) is 5.99. The summed E-state index contributed by atoms with van der Waals surface area (Å²) in [7, 11) is 0. The Hall–Kier alpha value is -1.84. The van der Waals surface area contributed by atoms with E-state index in [1.807, 2.05) is 18.5 Å². The summed E-state index contributed by atoms with van der Waals surface area (Å²) in [5.41, 5.74) is 3.19. The fourth-order valence-electron chi connectivity index (χ4n) is 2.36. The van der Waals surface area contributed by atoms with Crippen molar-refractivity contribution in [2.24, 2.45) is 0 Å². The van der Waals surface area contributed by atoms with E-state index in [1.165, 1.54) is 18.4 Å². The molecule has 4 nitrogen and oxygen atoms in total. The fourth-order valence-corrected chi connectivity index (χ4v) is 2.36. The highest BCUT2D eigenvalue weighted by molar-refractivity contribution is 5.61. The monoisotopic (exact) mass is 245 g/mol. The first-order valence-electron chi connectivity index (χ1n) is 6.47. The smallest absolute Gasteiger partial charge is 0.211 e. The number of rotatable bonds is 6. The minimum atomic E-state index is 0.242. The first kappa shape index (κ1) is 12.6. The van der Waals surface area contributed by atoms with Gasteiger partial charge in [0.1, 0.15) is 0 Å². The van der Waals surface area contributed by atoms with Gasteiger partial charge in [0.15, 0.2) is 0 Å². The third-order valence-electron chi connectivity index (χ3n) is 3.31. The van der Waals surface area contributed by atoms with Gasteiger partial charge < -0.3 is 10.6 Å². The average molecular weight is 245 g/mol. The van der Waals surface area contributed by atoms with Crippen molar-refractivity contribution in [3.63, 3.8) is 0 Å². The lowest BCUT2D eigenvalue weighted by atomic mass is 9.88. The van der Waals surface area contributed by atoms with Crippen LogP contribution in [0.4, 0.5) is 5.69 Å². The molecule has 1 unspecified atom stereocenters. The molecule has 0 radical (unpaired) electrons. The largest absolute Gasteiger partial charge is 0.360 e. The van der Waals surface area contributed by atoms with E-state index in [9.17, 15) is 4.79 Å². The molecule has 0 fully saturated rings. The van der Waals surface area contributed by atoms with Crippen molar-refractivity contribution in [2.45, 2.75) is 38.5 Å². The van der Waals surface area contributed by atoms with Gasteiger partial charge in [-0.15, -0.1) is 0 Å². The minimum absolute atomic E-state index is 0.242. The van der Waals surface area contributed by atoms with Crippen molar-refractivity contribution >= 4 is 12.1 Å². The van der Waals surface area contributed by atoms with E-state index in [1.54, 1.807) is 6.20 Å². The number of allylic oxidation sites excluding steroid dienone is 1. The molecule has 0 spiro atoms. The number of amides is 1. The highest BCUT2D eigenvalue weighted by Crippen LogP contribution is 2.35. The van der Waals surface area contributed by atoms with Crippen LogP contribution in [-0.4, -0.2) is 11.4 Å². The maximum Gasteiger partial charge on any atom is 0.211 e. The van der Waals surface area contributed by atoms with Crippen LogP contribution in [0.3, 0.4) is 0 Å². The van der Waals surface area contributed by atoms with Gasteiger partial charge in [-0.1, -0.05) is 26.2 Å². The molecule has 96 valence electrons. The molecule has 1 aliphatic heterocycles. The molecule has 2 rings (SSSR count). The summed E-state index contributed by atoms with van der Waals surface area (Å²) in [6, 6.07) is 1.97. The topological polar surface area (TPSA) is 54.0 Å². The summed E-state index contributed by atoms with van der Waals surface area (Å²) >= 11 is 0. The lowest BCUT2D eigenvalue weighted by Gasteiger charge is -2.26. The number of nitrogens with one attached hydrogen (secondary N) is 2. The molecule has 0 aliphatic carbocycles. The van der Waals surface area contributed by atoms with Crippen molar-refractivity contribution in [2.75, 3.05) is 5.32 Å². The molecule has 1 aromatic heterocycles. The van der Waals surface area contributed by atoms with Gasteiger partial charge in [0.05, 0.1) is 0 Å². The van der Waals surface area contributed by atoms with E-state index >= 15 is 0 Å². The third-order valence-corrected chi connectivity index (χ3v) is 3.31. The standard InChI is InChI=1S/C14H19N3O/c1-2-3-4-5-11-12-8-15-7-6-13(12)16-9-14(11)17-10-18/h6-11,16H,2-5H2,1H3,(H,17,18). The van der Waals surface area contributed by atoms with Crippen LogP contribution in [0, 0.1) is 0 Å². The number of fused-ring (bicyclic) bond motifs is 1. The Kier molecular flexibility index (Phi) is 4.34. The number of hydrogen-bond acceptors (Lipinski definition) is 3. The Balaban J connectivity index is 2.19. The van der Waals surface area contributed by atoms with E-state index in [2.05, 4.69) is 22.5 Å². The Morgan fingerprint density at radius 1 is 1.50 bits per heavy atom. The molecule has 0 saturated carbocycles. The third kappa shape index (κ3) is 2.70. The lowest BCUT2D eigenvalue weighted by Crippen LogP contribution is -2.23. The lowest BCUT2D eigenvalue weighted by molar-refractivity contribution is -0.109. The van der Waals surface area contributed by atoms with Crippen molar-refractivity contribution in [1.29, 1.82) is 0 Å². The summed E-state index contributed by atoms with van der Waals surface area (Å²) in [4.78, 5) is 14.9. The summed E-state index contributed by atoms with van der Waals surface area (Å²) in [6.45, 7) is 2.19. The van der Waals surface area contributed by atoms with Gasteiger partial charge in [-0.2, -0.15) is 0 Å². The van der Waals surface area contributed by atoms with E-state index in [0.29, 0.717) is 0 Å². The fraction of sp³-hybridized carbons (Fsp3) is 0.429. The number of hydrogen-bond donors (Lipinski definition) is 2. The van der Waals surface area contributed by atoms with E-state index in [0.717, 1.165) is 30.6 Å². The van der Waals surface area contributed by atoms with Crippen LogP contribution in [0.2, 0.25) is 0 Å². The zero-order chi connectivity index (χ0) is 12.8. The minimum Gasteiger partial charge on any atom is -0.360 e. The number of aromatic nitrogens is 1. The number of pyridine rings is 1. The van der Waals surface area contributed by atoms with Crippen molar-refractivity contribution in [1.82, 2.24) is 10.3 Å². The Labute approximate surface area is 108 Å². The first-order valence-corrected chi connectivity index (χ1v) is 6.47. The van der Waals surface area contributed by atoms with Crippen molar-refractivity contribution in [3.8, 4) is 0 Å². The number of anilines is 1. The predicted octanol–water partition coefficient (Wildman–Crippen LogP) is 2.76. The molecule has 0 saturated heterocycles. The quantitative estimate of drug-likeness (QED) is 0.598. The molecule has 4 heteroatoms. The van der Waals surface area contributed by atoms with Gasteiger partial charge in [0.25, 0.3) is 0 Å². The Bertz CT molecular complexity index is 442. The highest BCUT2D eigenvalue weighted by Gasteiger charge is 2.22. The summed E-state index contributed by atoms with van der Waals surface area (Å²) < 4.78 is 0. The summed E-state index contributed by atoms with van der Waals surface area (Å²) in [5.74, 6) is 0.242. The van der Waals surface area contributed by atoms with Gasteiger partial charge in [-0.3, -0.25) is 9.78 Å². The normalized spacial score (nSPS) is 17.4. The zero-order valence-corrected chi connectivity index (χ0v) is 10.6. The van der Waals surface area contributed by atoms with Crippen LogP contribution in [-0.2, 0) is 4.79 Å². The molecular formula is C14H19N3O. The van der Waals surface area contributed by atoms with Gasteiger partial charge in [-0.05, 0) is 12.5 Å². The SMILES string of the molecule is CCCCCC1C(NC=O)=CNc2ccncc21. The number of unbranched alkanes of at least 4 members (excludes halogenated alkanes) is 2. The Morgan fingerprint density at radius 3 is 3.17 bits per heavy atom. The highest BCUT2D eigenvalue weighted by atomic mass is 16.1. The second kappa shape index (κ2) is 6.19. The average Bonchev–Trinajstić information content (AvgIpc) is 2.41. The molecule has 2 heterocycles. The second-order valence-electron chi connectivity index (χ2n) is 4.52. The van der Waals surface area contributed by atoms with Crippen LogP contribution in [0.1, 0.15) is 44.1 Å². The second-order valence-corrected chi connectivity index (χ2v) is 4.52. The molecule has 18 heavy (non-hydrogen) atoms. The van der Waals surface area contributed by atoms with Gasteiger partial charge >= 0.3 is 0 Å². The number of carbonyl (C=O) groups excluding carboxylic acids is 1. The predicted molar refractivity (Wildman–Crippen MR) is 72.0 cm³/mol. The van der Waals surface area contributed by atoms with Crippen LogP contribution in [0.15, 0.2) is 30.4 Å². The first-order chi connectivity index (χ1) is 8.86. The van der Waals surface area contributed by atoms with E-state index in [-0.39, 0.29) is 5.92 Å². The van der Waals surface area contributed by atoms with E-state index in [4.69, 9.17) is 0 Å². The molecule has 0 aromatic carbocycles. The molecule has 0 bridgehead atoms. The maximum atomic E-state index is 10.7. The Morgan fingerprint density at radius 2 is 2.39 bits per heavy atom. The number of carbonyl (C=O) groups is 1. The van der Waals surface area contributed by atoms with Crippen LogP contribution < -0.4 is 10.6 Å². The van der Waals surface area contributed by atoms with Crippen LogP contribution in [0.25, 0.3) is 0 Å².